The van der Waals surface area contributed by atoms with Gasteiger partial charge < -0.3 is 9.47 Å². The van der Waals surface area contributed by atoms with E-state index in [9.17, 15) is 4.79 Å². The number of benzene rings is 2. The van der Waals surface area contributed by atoms with Gasteiger partial charge in [0.25, 0.3) is 5.56 Å². The van der Waals surface area contributed by atoms with Crippen molar-refractivity contribution in [3.8, 4) is 11.5 Å². The molecule has 110 valence electrons. The number of aromatic nitrogens is 3. The topological polar surface area (TPSA) is 66.2 Å². The van der Waals surface area contributed by atoms with Gasteiger partial charge in [-0.3, -0.25) is 4.79 Å². The van der Waals surface area contributed by atoms with Crippen LogP contribution in [0.15, 0.2) is 45.7 Å². The minimum absolute atomic E-state index is 0.171. The lowest BCUT2D eigenvalue weighted by Crippen LogP contribution is -2.24. The average molecular weight is 360 g/mol. The third kappa shape index (κ3) is 2.14. The first-order chi connectivity index (χ1) is 10.7. The standard InChI is InChI=1S/C15H10BrN3O3/c16-11-6-14-13(21-8-22-14)5-9(11)7-19-15(20)10-3-1-2-4-12(10)17-18-19/h1-6H,7-8H2. The normalized spacial score (nSPS) is 12.8. The van der Waals surface area contributed by atoms with Crippen LogP contribution < -0.4 is 15.0 Å². The summed E-state index contributed by atoms with van der Waals surface area (Å²) in [6.07, 6.45) is 0. The van der Waals surface area contributed by atoms with Crippen LogP contribution >= 0.6 is 15.9 Å². The minimum atomic E-state index is -0.171. The summed E-state index contributed by atoms with van der Waals surface area (Å²) in [5.41, 5.74) is 1.29. The van der Waals surface area contributed by atoms with Gasteiger partial charge in [-0.1, -0.05) is 33.3 Å². The van der Waals surface area contributed by atoms with Crippen molar-refractivity contribution in [1.29, 1.82) is 0 Å². The van der Waals surface area contributed by atoms with Gasteiger partial charge >= 0.3 is 0 Å². The van der Waals surface area contributed by atoms with Gasteiger partial charge in [0.2, 0.25) is 6.79 Å². The van der Waals surface area contributed by atoms with Crippen molar-refractivity contribution >= 4 is 26.8 Å². The van der Waals surface area contributed by atoms with Crippen LogP contribution in [-0.2, 0) is 6.54 Å². The predicted molar refractivity (Wildman–Crippen MR) is 83.2 cm³/mol. The van der Waals surface area contributed by atoms with Gasteiger partial charge in [-0.25, -0.2) is 4.68 Å². The third-order valence-electron chi connectivity index (χ3n) is 3.49. The van der Waals surface area contributed by atoms with Gasteiger partial charge in [0.15, 0.2) is 11.5 Å². The zero-order valence-electron chi connectivity index (χ0n) is 11.3. The molecule has 0 bridgehead atoms. The maximum atomic E-state index is 12.5. The smallest absolute Gasteiger partial charge is 0.277 e. The fourth-order valence-corrected chi connectivity index (χ4v) is 2.82. The highest BCUT2D eigenvalue weighted by Gasteiger charge is 2.17. The van der Waals surface area contributed by atoms with E-state index in [0.29, 0.717) is 28.9 Å². The van der Waals surface area contributed by atoms with E-state index in [4.69, 9.17) is 9.47 Å². The van der Waals surface area contributed by atoms with Crippen LogP contribution in [0.3, 0.4) is 0 Å². The van der Waals surface area contributed by atoms with Crippen molar-refractivity contribution < 1.29 is 9.47 Å². The van der Waals surface area contributed by atoms with E-state index in [2.05, 4.69) is 26.2 Å². The highest BCUT2D eigenvalue weighted by atomic mass is 79.9. The molecule has 22 heavy (non-hydrogen) atoms. The first-order valence-electron chi connectivity index (χ1n) is 6.63. The van der Waals surface area contributed by atoms with Crippen LogP contribution in [0.2, 0.25) is 0 Å². The van der Waals surface area contributed by atoms with Gasteiger partial charge in [0.05, 0.1) is 11.9 Å². The Bertz CT molecular complexity index is 939. The summed E-state index contributed by atoms with van der Waals surface area (Å²) in [4.78, 5) is 12.5. The largest absolute Gasteiger partial charge is 0.454 e. The second-order valence-electron chi connectivity index (χ2n) is 4.87. The quantitative estimate of drug-likeness (QED) is 0.702. The molecule has 0 fully saturated rings. The Morgan fingerprint density at radius 3 is 2.82 bits per heavy atom. The zero-order chi connectivity index (χ0) is 15.1. The molecular formula is C15H10BrN3O3. The molecule has 0 unspecified atom stereocenters. The van der Waals surface area contributed by atoms with Gasteiger partial charge in [-0.05, 0) is 29.8 Å². The van der Waals surface area contributed by atoms with Crippen molar-refractivity contribution in [1.82, 2.24) is 15.0 Å². The molecule has 1 aromatic heterocycles. The predicted octanol–water partition coefficient (Wildman–Crippen LogP) is 2.33. The van der Waals surface area contributed by atoms with Gasteiger partial charge in [-0.15, -0.1) is 5.10 Å². The lowest BCUT2D eigenvalue weighted by Gasteiger charge is -2.08. The van der Waals surface area contributed by atoms with Crippen LogP contribution in [-0.4, -0.2) is 21.8 Å². The summed E-state index contributed by atoms with van der Waals surface area (Å²) in [6, 6.07) is 10.8. The summed E-state index contributed by atoms with van der Waals surface area (Å²) in [7, 11) is 0. The number of halogens is 1. The number of nitrogens with zero attached hydrogens (tertiary/aromatic N) is 3. The lowest BCUT2D eigenvalue weighted by atomic mass is 10.2. The number of ether oxygens (including phenoxy) is 2. The van der Waals surface area contributed by atoms with Crippen molar-refractivity contribution in [3.63, 3.8) is 0 Å². The summed E-state index contributed by atoms with van der Waals surface area (Å²) < 4.78 is 12.9. The summed E-state index contributed by atoms with van der Waals surface area (Å²) in [6.45, 7) is 0.509. The number of rotatable bonds is 2. The van der Waals surface area contributed by atoms with E-state index in [0.717, 1.165) is 10.0 Å². The summed E-state index contributed by atoms with van der Waals surface area (Å²) in [5, 5.41) is 8.63. The van der Waals surface area contributed by atoms with Gasteiger partial charge in [0, 0.05) is 4.47 Å². The molecule has 1 aliphatic heterocycles. The second kappa shape index (κ2) is 5.10. The fourth-order valence-electron chi connectivity index (χ4n) is 2.37. The molecule has 2 aromatic carbocycles. The SMILES string of the molecule is O=c1c2ccccc2nnn1Cc1cc2c(cc1Br)OCO2. The maximum absolute atomic E-state index is 12.5. The van der Waals surface area contributed by atoms with Crippen molar-refractivity contribution in [2.75, 3.05) is 6.79 Å². The lowest BCUT2D eigenvalue weighted by molar-refractivity contribution is 0.174. The van der Waals surface area contributed by atoms with E-state index in [1.165, 1.54) is 4.68 Å². The molecule has 6 nitrogen and oxygen atoms in total. The van der Waals surface area contributed by atoms with Crippen LogP contribution in [0.1, 0.15) is 5.56 Å². The zero-order valence-corrected chi connectivity index (χ0v) is 12.9. The van der Waals surface area contributed by atoms with Crippen molar-refractivity contribution in [2.24, 2.45) is 0 Å². The number of hydrogen-bond acceptors (Lipinski definition) is 5. The number of fused-ring (bicyclic) bond motifs is 2. The first-order valence-corrected chi connectivity index (χ1v) is 7.42. The Morgan fingerprint density at radius 2 is 1.95 bits per heavy atom. The Kier molecular flexibility index (Phi) is 3.07. The van der Waals surface area contributed by atoms with E-state index in [-0.39, 0.29) is 12.4 Å². The monoisotopic (exact) mass is 359 g/mol. The molecule has 2 heterocycles. The van der Waals surface area contributed by atoms with Gasteiger partial charge in [-0.2, -0.15) is 0 Å². The van der Waals surface area contributed by atoms with Crippen LogP contribution in [0, 0.1) is 0 Å². The van der Waals surface area contributed by atoms with E-state index in [1.54, 1.807) is 12.1 Å². The molecule has 1 aliphatic rings. The van der Waals surface area contributed by atoms with Crippen LogP contribution in [0.4, 0.5) is 0 Å². The minimum Gasteiger partial charge on any atom is -0.454 e. The van der Waals surface area contributed by atoms with Crippen LogP contribution in [0.25, 0.3) is 10.9 Å². The maximum Gasteiger partial charge on any atom is 0.277 e. The Balaban J connectivity index is 1.78. The molecule has 0 aliphatic carbocycles. The molecule has 0 radical (unpaired) electrons. The molecule has 3 aromatic rings. The van der Waals surface area contributed by atoms with Crippen molar-refractivity contribution in [2.45, 2.75) is 6.54 Å². The molecule has 0 spiro atoms. The highest BCUT2D eigenvalue weighted by Crippen LogP contribution is 2.37. The van der Waals surface area contributed by atoms with E-state index < -0.39 is 0 Å². The van der Waals surface area contributed by atoms with Gasteiger partial charge in [0.1, 0.15) is 5.52 Å². The molecular weight excluding hydrogens is 350 g/mol. The van der Waals surface area contributed by atoms with Crippen LogP contribution in [0.5, 0.6) is 11.5 Å². The Hall–Kier alpha value is -2.41. The third-order valence-corrected chi connectivity index (χ3v) is 4.23. The molecule has 4 rings (SSSR count). The molecule has 0 saturated carbocycles. The fraction of sp³-hybridized carbons (Fsp3) is 0.133. The van der Waals surface area contributed by atoms with E-state index >= 15 is 0 Å². The van der Waals surface area contributed by atoms with Crippen molar-refractivity contribution in [3.05, 3.63) is 56.8 Å². The molecule has 0 saturated heterocycles. The Morgan fingerprint density at radius 1 is 1.18 bits per heavy atom. The molecule has 0 amide bonds. The average Bonchev–Trinajstić information content (AvgIpc) is 2.97. The first kappa shape index (κ1) is 13.3. The molecule has 7 heteroatoms. The molecule has 0 atom stereocenters. The van der Waals surface area contributed by atoms with E-state index in [1.807, 2.05) is 24.3 Å². The second-order valence-corrected chi connectivity index (χ2v) is 5.72. The highest BCUT2D eigenvalue weighted by molar-refractivity contribution is 9.10. The molecule has 0 N–H and O–H groups in total. The summed E-state index contributed by atoms with van der Waals surface area (Å²) >= 11 is 3.48. The summed E-state index contributed by atoms with van der Waals surface area (Å²) in [5.74, 6) is 1.35. The number of hydrogen-bond donors (Lipinski definition) is 0. The Labute approximate surface area is 133 Å².